The average molecular weight is 258 g/mol. The molecule has 1 aliphatic rings. The molecule has 0 aliphatic carbocycles. The number of ether oxygens (including phenoxy) is 1. The summed E-state index contributed by atoms with van der Waals surface area (Å²) in [5.41, 5.74) is 5.15. The molecule has 1 heterocycles. The SMILES string of the molecule is C=CCNC(=S)NNC(=O)CN1CCOCC1. The number of morpholine rings is 1. The van der Waals surface area contributed by atoms with Crippen LogP contribution in [0.25, 0.3) is 0 Å². The predicted molar refractivity (Wildman–Crippen MR) is 69.3 cm³/mol. The average Bonchev–Trinajstić information content (AvgIpc) is 2.35. The highest BCUT2D eigenvalue weighted by Gasteiger charge is 2.13. The molecule has 1 rings (SSSR count). The van der Waals surface area contributed by atoms with Crippen LogP contribution in [0, 0.1) is 0 Å². The van der Waals surface area contributed by atoms with Gasteiger partial charge in [-0.15, -0.1) is 6.58 Å². The number of hydrogen-bond acceptors (Lipinski definition) is 4. The minimum absolute atomic E-state index is 0.116. The van der Waals surface area contributed by atoms with E-state index in [2.05, 4.69) is 22.7 Å². The Morgan fingerprint density at radius 3 is 2.76 bits per heavy atom. The van der Waals surface area contributed by atoms with Crippen LogP contribution in [0.5, 0.6) is 0 Å². The fourth-order valence-corrected chi connectivity index (χ4v) is 1.47. The van der Waals surface area contributed by atoms with E-state index < -0.39 is 0 Å². The lowest BCUT2D eigenvalue weighted by molar-refractivity contribution is -0.123. The summed E-state index contributed by atoms with van der Waals surface area (Å²) in [6, 6.07) is 0. The lowest BCUT2D eigenvalue weighted by Crippen LogP contribution is -2.51. The standard InChI is InChI=1S/C10H18N4O2S/c1-2-3-11-10(17)13-12-9(15)8-14-4-6-16-7-5-14/h2H,1,3-8H2,(H,12,15)(H2,11,13,17). The molecular formula is C10H18N4O2S. The molecule has 1 fully saturated rings. The van der Waals surface area contributed by atoms with Gasteiger partial charge in [-0.3, -0.25) is 20.5 Å². The van der Waals surface area contributed by atoms with E-state index in [1.807, 2.05) is 4.90 Å². The maximum absolute atomic E-state index is 11.5. The Morgan fingerprint density at radius 2 is 2.12 bits per heavy atom. The number of carbonyl (C=O) groups excluding carboxylic acids is 1. The van der Waals surface area contributed by atoms with Crippen LogP contribution < -0.4 is 16.2 Å². The number of hydrogen-bond donors (Lipinski definition) is 3. The second-order valence-corrected chi connectivity index (χ2v) is 3.97. The molecule has 0 aromatic rings. The van der Waals surface area contributed by atoms with E-state index in [1.165, 1.54) is 0 Å². The van der Waals surface area contributed by atoms with Gasteiger partial charge in [-0.05, 0) is 12.2 Å². The fraction of sp³-hybridized carbons (Fsp3) is 0.600. The summed E-state index contributed by atoms with van der Waals surface area (Å²) in [6.45, 7) is 7.39. The van der Waals surface area contributed by atoms with Crippen LogP contribution in [0.2, 0.25) is 0 Å². The highest BCUT2D eigenvalue weighted by atomic mass is 32.1. The number of nitrogens with one attached hydrogen (secondary N) is 3. The summed E-state index contributed by atoms with van der Waals surface area (Å²) in [7, 11) is 0. The first-order valence-electron chi connectivity index (χ1n) is 5.46. The number of rotatable bonds is 4. The lowest BCUT2D eigenvalue weighted by atomic mass is 10.4. The Labute approximate surface area is 106 Å². The zero-order valence-electron chi connectivity index (χ0n) is 9.70. The Balaban J connectivity index is 2.11. The van der Waals surface area contributed by atoms with E-state index >= 15 is 0 Å². The van der Waals surface area contributed by atoms with Crippen molar-refractivity contribution in [3.63, 3.8) is 0 Å². The summed E-state index contributed by atoms with van der Waals surface area (Å²) in [4.78, 5) is 13.6. The molecule has 0 spiro atoms. The molecule has 0 unspecified atom stereocenters. The molecule has 0 saturated carbocycles. The molecule has 1 aliphatic heterocycles. The van der Waals surface area contributed by atoms with Crippen LogP contribution in [0.1, 0.15) is 0 Å². The molecular weight excluding hydrogens is 240 g/mol. The predicted octanol–water partition coefficient (Wildman–Crippen LogP) is -1.00. The van der Waals surface area contributed by atoms with Crippen LogP contribution in [-0.4, -0.2) is 55.3 Å². The van der Waals surface area contributed by atoms with Crippen molar-refractivity contribution in [1.82, 2.24) is 21.1 Å². The van der Waals surface area contributed by atoms with E-state index in [9.17, 15) is 4.79 Å². The number of carbonyl (C=O) groups is 1. The van der Waals surface area contributed by atoms with Gasteiger partial charge in [-0.25, -0.2) is 0 Å². The van der Waals surface area contributed by atoms with Crippen molar-refractivity contribution < 1.29 is 9.53 Å². The molecule has 17 heavy (non-hydrogen) atoms. The van der Waals surface area contributed by atoms with E-state index in [0.29, 0.717) is 31.4 Å². The second-order valence-electron chi connectivity index (χ2n) is 3.56. The van der Waals surface area contributed by atoms with Gasteiger partial charge in [0.05, 0.1) is 19.8 Å². The lowest BCUT2D eigenvalue weighted by Gasteiger charge is -2.25. The Morgan fingerprint density at radius 1 is 1.41 bits per heavy atom. The molecule has 1 amide bonds. The molecule has 96 valence electrons. The molecule has 3 N–H and O–H groups in total. The first-order chi connectivity index (χ1) is 8.22. The first kappa shape index (κ1) is 13.9. The third-order valence-electron chi connectivity index (χ3n) is 2.19. The monoisotopic (exact) mass is 258 g/mol. The maximum atomic E-state index is 11.5. The van der Waals surface area contributed by atoms with Gasteiger partial charge >= 0.3 is 0 Å². The van der Waals surface area contributed by atoms with Gasteiger partial charge in [0.1, 0.15) is 0 Å². The molecule has 0 aromatic carbocycles. The first-order valence-corrected chi connectivity index (χ1v) is 5.87. The third kappa shape index (κ3) is 6.20. The largest absolute Gasteiger partial charge is 0.379 e. The summed E-state index contributed by atoms with van der Waals surface area (Å²) < 4.78 is 5.19. The Bertz CT molecular complexity index is 279. The zero-order valence-corrected chi connectivity index (χ0v) is 10.5. The highest BCUT2D eigenvalue weighted by Crippen LogP contribution is 1.94. The quantitative estimate of drug-likeness (QED) is 0.341. The topological polar surface area (TPSA) is 65.6 Å². The molecule has 7 heteroatoms. The number of amides is 1. The highest BCUT2D eigenvalue weighted by molar-refractivity contribution is 7.80. The third-order valence-corrected chi connectivity index (χ3v) is 2.44. The molecule has 0 bridgehead atoms. The Hall–Kier alpha value is -1.18. The van der Waals surface area contributed by atoms with Crippen molar-refractivity contribution in [3.05, 3.63) is 12.7 Å². The van der Waals surface area contributed by atoms with Crippen LogP contribution in [0.3, 0.4) is 0 Å². The number of thiocarbonyl (C=S) groups is 1. The number of hydrazine groups is 1. The van der Waals surface area contributed by atoms with Crippen molar-refractivity contribution in [2.75, 3.05) is 39.4 Å². The second kappa shape index (κ2) is 7.99. The zero-order chi connectivity index (χ0) is 12.5. The molecule has 0 radical (unpaired) electrons. The van der Waals surface area contributed by atoms with Gasteiger partial charge in [0.2, 0.25) is 0 Å². The van der Waals surface area contributed by atoms with E-state index in [-0.39, 0.29) is 5.91 Å². The van der Waals surface area contributed by atoms with Gasteiger partial charge in [0.25, 0.3) is 5.91 Å². The van der Waals surface area contributed by atoms with Crippen LogP contribution >= 0.6 is 12.2 Å². The maximum Gasteiger partial charge on any atom is 0.252 e. The molecule has 0 aromatic heterocycles. The minimum atomic E-state index is -0.116. The van der Waals surface area contributed by atoms with Crippen molar-refractivity contribution >= 4 is 23.2 Å². The van der Waals surface area contributed by atoms with Gasteiger partial charge in [0.15, 0.2) is 5.11 Å². The van der Waals surface area contributed by atoms with Crippen molar-refractivity contribution in [2.24, 2.45) is 0 Å². The van der Waals surface area contributed by atoms with Crippen LogP contribution in [0.4, 0.5) is 0 Å². The van der Waals surface area contributed by atoms with Gasteiger partial charge < -0.3 is 10.1 Å². The van der Waals surface area contributed by atoms with E-state index in [1.54, 1.807) is 6.08 Å². The van der Waals surface area contributed by atoms with Crippen LogP contribution in [-0.2, 0) is 9.53 Å². The summed E-state index contributed by atoms with van der Waals surface area (Å²) >= 11 is 4.92. The summed E-state index contributed by atoms with van der Waals surface area (Å²) in [5, 5.41) is 3.22. The van der Waals surface area contributed by atoms with Gasteiger partial charge in [-0.1, -0.05) is 6.08 Å². The molecule has 6 nitrogen and oxygen atoms in total. The summed E-state index contributed by atoms with van der Waals surface area (Å²) in [6.07, 6.45) is 1.68. The molecule has 1 saturated heterocycles. The van der Waals surface area contributed by atoms with Crippen molar-refractivity contribution in [3.8, 4) is 0 Å². The minimum Gasteiger partial charge on any atom is -0.379 e. The van der Waals surface area contributed by atoms with E-state index in [4.69, 9.17) is 17.0 Å². The van der Waals surface area contributed by atoms with Crippen molar-refractivity contribution in [1.29, 1.82) is 0 Å². The van der Waals surface area contributed by atoms with E-state index in [0.717, 1.165) is 13.1 Å². The normalized spacial score (nSPS) is 16.0. The Kier molecular flexibility index (Phi) is 6.53. The number of nitrogens with zero attached hydrogens (tertiary/aromatic N) is 1. The molecule has 0 atom stereocenters. The van der Waals surface area contributed by atoms with Gasteiger partial charge in [-0.2, -0.15) is 0 Å². The smallest absolute Gasteiger partial charge is 0.252 e. The van der Waals surface area contributed by atoms with Crippen LogP contribution in [0.15, 0.2) is 12.7 Å². The summed E-state index contributed by atoms with van der Waals surface area (Å²) in [5.74, 6) is -0.116. The van der Waals surface area contributed by atoms with Crippen molar-refractivity contribution in [2.45, 2.75) is 0 Å². The van der Waals surface area contributed by atoms with Gasteiger partial charge in [0, 0.05) is 19.6 Å². The fourth-order valence-electron chi connectivity index (χ4n) is 1.34.